The highest BCUT2D eigenvalue weighted by molar-refractivity contribution is 5.33. The minimum atomic E-state index is 0.654. The maximum Gasteiger partial charge on any atom is 0.00184 e. The molecule has 0 bridgehead atoms. The number of allylic oxidation sites excluding steroid dienone is 2. The number of benzene rings is 1. The summed E-state index contributed by atoms with van der Waals surface area (Å²) in [4.78, 5) is 0. The first-order valence-corrected chi connectivity index (χ1v) is 6.45. The molecule has 0 heterocycles. The topological polar surface area (TPSA) is 0 Å². The molecule has 1 aromatic rings. The third-order valence-corrected chi connectivity index (χ3v) is 3.66. The van der Waals surface area contributed by atoms with Crippen LogP contribution in [-0.2, 0) is 0 Å². The highest BCUT2D eigenvalue weighted by Crippen LogP contribution is 2.32. The maximum absolute atomic E-state index is 2.42. The lowest BCUT2D eigenvalue weighted by molar-refractivity contribution is 0.499. The molecule has 0 aromatic heterocycles. The minimum absolute atomic E-state index is 0.654. The second-order valence-electron chi connectivity index (χ2n) is 5.16. The Balaban J connectivity index is 2.19. The summed E-state index contributed by atoms with van der Waals surface area (Å²) >= 11 is 0. The maximum atomic E-state index is 2.42. The number of rotatable bonds is 2. The van der Waals surface area contributed by atoms with Crippen LogP contribution < -0.4 is 0 Å². The van der Waals surface area contributed by atoms with Crippen LogP contribution in [0.4, 0.5) is 0 Å². The van der Waals surface area contributed by atoms with Crippen LogP contribution in [0.2, 0.25) is 0 Å². The average Bonchev–Trinajstić information content (AvgIpc) is 2.28. The van der Waals surface area contributed by atoms with Crippen LogP contribution in [0.5, 0.6) is 0 Å². The Labute approximate surface area is 99.4 Å². The molecule has 0 amide bonds. The van der Waals surface area contributed by atoms with Gasteiger partial charge in [-0.2, -0.15) is 0 Å². The van der Waals surface area contributed by atoms with E-state index in [2.05, 4.69) is 51.1 Å². The fourth-order valence-corrected chi connectivity index (χ4v) is 2.72. The fraction of sp³-hybridized carbons (Fsp3) is 0.500. The number of hydrogen-bond donors (Lipinski definition) is 0. The molecular weight excluding hydrogens is 192 g/mol. The summed E-state index contributed by atoms with van der Waals surface area (Å²) < 4.78 is 0. The van der Waals surface area contributed by atoms with Crippen molar-refractivity contribution in [3.63, 3.8) is 0 Å². The molecule has 0 saturated heterocycles. The van der Waals surface area contributed by atoms with E-state index in [9.17, 15) is 0 Å². The van der Waals surface area contributed by atoms with Gasteiger partial charge in [0.1, 0.15) is 0 Å². The molecule has 1 aliphatic rings. The van der Waals surface area contributed by atoms with Crippen LogP contribution >= 0.6 is 0 Å². The second kappa shape index (κ2) is 4.86. The molecule has 2 rings (SSSR count). The standard InChI is InChI=1S/C16H22/c1-4-14-5-7-15(8-6-14)16-10-12(2)9-13(3)11-16/h5,7,9-11,14-15H,4,6,8H2,1-3H3. The normalized spacial score (nSPS) is 24.7. The van der Waals surface area contributed by atoms with Gasteiger partial charge in [0.2, 0.25) is 0 Å². The molecular formula is C16H22. The van der Waals surface area contributed by atoms with E-state index >= 15 is 0 Å². The Kier molecular flexibility index (Phi) is 3.48. The van der Waals surface area contributed by atoms with E-state index in [1.54, 1.807) is 0 Å². The molecule has 0 N–H and O–H groups in total. The van der Waals surface area contributed by atoms with Crippen molar-refractivity contribution in [2.45, 2.75) is 46.0 Å². The minimum Gasteiger partial charge on any atom is -0.0848 e. The Morgan fingerprint density at radius 1 is 1.00 bits per heavy atom. The van der Waals surface area contributed by atoms with Crippen LogP contribution in [0, 0.1) is 19.8 Å². The molecule has 0 fully saturated rings. The molecule has 0 nitrogen and oxygen atoms in total. The smallest absolute Gasteiger partial charge is 0.00184 e. The van der Waals surface area contributed by atoms with Crippen LogP contribution in [0.1, 0.15) is 48.8 Å². The van der Waals surface area contributed by atoms with Crippen molar-refractivity contribution >= 4 is 0 Å². The van der Waals surface area contributed by atoms with Crippen molar-refractivity contribution in [2.75, 3.05) is 0 Å². The molecule has 0 aliphatic heterocycles. The molecule has 0 radical (unpaired) electrons. The van der Waals surface area contributed by atoms with Gasteiger partial charge in [0.25, 0.3) is 0 Å². The summed E-state index contributed by atoms with van der Waals surface area (Å²) in [6.45, 7) is 6.67. The number of hydrogen-bond acceptors (Lipinski definition) is 0. The van der Waals surface area contributed by atoms with Gasteiger partial charge in [0.15, 0.2) is 0 Å². The molecule has 86 valence electrons. The van der Waals surface area contributed by atoms with Crippen LogP contribution in [0.25, 0.3) is 0 Å². The summed E-state index contributed by atoms with van der Waals surface area (Å²) in [7, 11) is 0. The lowest BCUT2D eigenvalue weighted by Crippen LogP contribution is -2.07. The predicted octanol–water partition coefficient (Wildman–Crippen LogP) is 4.76. The molecule has 2 unspecified atom stereocenters. The Hall–Kier alpha value is -1.04. The van der Waals surface area contributed by atoms with E-state index in [0.717, 1.165) is 5.92 Å². The monoisotopic (exact) mass is 214 g/mol. The lowest BCUT2D eigenvalue weighted by Gasteiger charge is -2.22. The molecule has 0 spiro atoms. The van der Waals surface area contributed by atoms with E-state index in [0.29, 0.717) is 5.92 Å². The summed E-state index contributed by atoms with van der Waals surface area (Å²) in [5, 5.41) is 0. The predicted molar refractivity (Wildman–Crippen MR) is 70.8 cm³/mol. The van der Waals surface area contributed by atoms with Gasteiger partial charge in [-0.15, -0.1) is 0 Å². The average molecular weight is 214 g/mol. The van der Waals surface area contributed by atoms with Crippen molar-refractivity contribution in [1.82, 2.24) is 0 Å². The summed E-state index contributed by atoms with van der Waals surface area (Å²) in [6.07, 6.45) is 8.80. The van der Waals surface area contributed by atoms with E-state index in [1.165, 1.54) is 36.0 Å². The first-order chi connectivity index (χ1) is 7.69. The first kappa shape index (κ1) is 11.4. The Morgan fingerprint density at radius 2 is 1.69 bits per heavy atom. The molecule has 1 aliphatic carbocycles. The van der Waals surface area contributed by atoms with Crippen molar-refractivity contribution < 1.29 is 0 Å². The van der Waals surface area contributed by atoms with Gasteiger partial charge in [0, 0.05) is 5.92 Å². The summed E-state index contributed by atoms with van der Waals surface area (Å²) in [5.41, 5.74) is 4.28. The van der Waals surface area contributed by atoms with Gasteiger partial charge in [-0.3, -0.25) is 0 Å². The zero-order chi connectivity index (χ0) is 11.5. The SMILES string of the molecule is CCC1C=CC(c2cc(C)cc(C)c2)CC1. The van der Waals surface area contributed by atoms with Crippen molar-refractivity contribution in [3.05, 3.63) is 47.0 Å². The van der Waals surface area contributed by atoms with Gasteiger partial charge in [-0.25, -0.2) is 0 Å². The van der Waals surface area contributed by atoms with Crippen LogP contribution in [0.3, 0.4) is 0 Å². The van der Waals surface area contributed by atoms with Crippen molar-refractivity contribution in [1.29, 1.82) is 0 Å². The van der Waals surface area contributed by atoms with Crippen LogP contribution in [0.15, 0.2) is 30.4 Å². The molecule has 16 heavy (non-hydrogen) atoms. The van der Waals surface area contributed by atoms with Crippen molar-refractivity contribution in [2.24, 2.45) is 5.92 Å². The highest BCUT2D eigenvalue weighted by atomic mass is 14.2. The lowest BCUT2D eigenvalue weighted by atomic mass is 9.83. The van der Waals surface area contributed by atoms with Gasteiger partial charge in [0.05, 0.1) is 0 Å². The third-order valence-electron chi connectivity index (χ3n) is 3.66. The van der Waals surface area contributed by atoms with Gasteiger partial charge in [-0.05, 0) is 44.6 Å². The fourth-order valence-electron chi connectivity index (χ4n) is 2.72. The number of aryl methyl sites for hydroxylation is 2. The Morgan fingerprint density at radius 3 is 2.19 bits per heavy atom. The van der Waals surface area contributed by atoms with E-state index < -0.39 is 0 Å². The van der Waals surface area contributed by atoms with E-state index in [4.69, 9.17) is 0 Å². The highest BCUT2D eigenvalue weighted by Gasteiger charge is 2.16. The largest absolute Gasteiger partial charge is 0.0848 e. The zero-order valence-corrected chi connectivity index (χ0v) is 10.7. The molecule has 2 atom stereocenters. The van der Waals surface area contributed by atoms with E-state index in [1.807, 2.05) is 0 Å². The van der Waals surface area contributed by atoms with Gasteiger partial charge < -0.3 is 0 Å². The second-order valence-corrected chi connectivity index (χ2v) is 5.16. The van der Waals surface area contributed by atoms with Crippen molar-refractivity contribution in [3.8, 4) is 0 Å². The van der Waals surface area contributed by atoms with Gasteiger partial charge in [-0.1, -0.05) is 48.4 Å². The van der Waals surface area contributed by atoms with Gasteiger partial charge >= 0.3 is 0 Å². The molecule has 0 saturated carbocycles. The zero-order valence-electron chi connectivity index (χ0n) is 10.7. The quantitative estimate of drug-likeness (QED) is 0.622. The molecule has 0 heteroatoms. The summed E-state index contributed by atoms with van der Waals surface area (Å²) in [5.74, 6) is 1.48. The van der Waals surface area contributed by atoms with E-state index in [-0.39, 0.29) is 0 Å². The Bertz CT molecular complexity index is 367. The summed E-state index contributed by atoms with van der Waals surface area (Å²) in [6, 6.07) is 6.94. The molecule has 1 aromatic carbocycles. The third kappa shape index (κ3) is 2.55. The first-order valence-electron chi connectivity index (χ1n) is 6.45. The van der Waals surface area contributed by atoms with Crippen LogP contribution in [-0.4, -0.2) is 0 Å².